The number of para-hydroxylation sites is 2. The maximum absolute atomic E-state index is 14.1. The molecule has 0 aromatic heterocycles. The molecule has 0 saturated heterocycles. The molecule has 0 fully saturated rings. The van der Waals surface area contributed by atoms with E-state index in [1.165, 1.54) is 12.0 Å². The predicted octanol–water partition coefficient (Wildman–Crippen LogP) is 4.78. The first-order valence-electron chi connectivity index (χ1n) is 12.8. The second-order valence-corrected chi connectivity index (χ2v) is 13.4. The molecule has 1 unspecified atom stereocenters. The van der Waals surface area contributed by atoms with E-state index in [1.807, 2.05) is 75.4 Å². The van der Waals surface area contributed by atoms with Crippen LogP contribution in [0.3, 0.4) is 0 Å². The number of benzene rings is 3. The van der Waals surface area contributed by atoms with Crippen molar-refractivity contribution in [3.05, 3.63) is 94.5 Å². The Hall–Kier alpha value is -3.37. The topological polar surface area (TPSA) is 96.0 Å². The number of nitrogens with one attached hydrogen (secondary N) is 1. The third-order valence-electron chi connectivity index (χ3n) is 6.07. The summed E-state index contributed by atoms with van der Waals surface area (Å²) in [4.78, 5) is 29.3. The first-order valence-corrected chi connectivity index (χ1v) is 15.4. The molecule has 214 valence electrons. The summed E-state index contributed by atoms with van der Waals surface area (Å²) < 4.78 is 33.2. The van der Waals surface area contributed by atoms with Crippen LogP contribution < -0.4 is 14.4 Å². The van der Waals surface area contributed by atoms with E-state index in [0.29, 0.717) is 5.75 Å². The minimum Gasteiger partial charge on any atom is -0.495 e. The fourth-order valence-corrected chi connectivity index (χ4v) is 5.34. The molecule has 0 aliphatic heterocycles. The Balaban J connectivity index is 2.09. The Bertz CT molecular complexity index is 1410. The number of sulfonamides is 1. The number of anilines is 1. The molecule has 0 radical (unpaired) electrons. The molecule has 3 aromatic carbocycles. The number of carbonyl (C=O) groups excluding carboxylic acids is 2. The summed E-state index contributed by atoms with van der Waals surface area (Å²) in [6.07, 6.45) is 1.29. The van der Waals surface area contributed by atoms with Gasteiger partial charge in [0.1, 0.15) is 18.3 Å². The monoisotopic (exact) mass is 629 g/mol. The van der Waals surface area contributed by atoms with Crippen LogP contribution in [0.2, 0.25) is 0 Å². The number of hydrogen-bond donors (Lipinski definition) is 1. The Morgan fingerprint density at radius 2 is 1.52 bits per heavy atom. The van der Waals surface area contributed by atoms with Gasteiger partial charge in [-0.15, -0.1) is 0 Å². The molecule has 2 amide bonds. The van der Waals surface area contributed by atoms with Crippen molar-refractivity contribution in [1.29, 1.82) is 0 Å². The average Bonchev–Trinajstić information content (AvgIpc) is 2.89. The van der Waals surface area contributed by atoms with Crippen molar-refractivity contribution in [3.8, 4) is 5.75 Å². The van der Waals surface area contributed by atoms with Gasteiger partial charge in [0.2, 0.25) is 21.8 Å². The third-order valence-corrected chi connectivity index (χ3v) is 7.72. The standard InChI is InChI=1S/C30H36BrN3O5S/c1-30(2,3)32-29(36)26(19-22-11-7-6-8-12-22)33(20-23-15-17-24(31)18-16-23)28(35)21-34(40(5,37)38)25-13-9-10-14-27(25)39-4/h6-18,26H,19-21H2,1-5H3,(H,32,36). The number of carbonyl (C=O) groups is 2. The van der Waals surface area contributed by atoms with E-state index in [9.17, 15) is 18.0 Å². The third kappa shape index (κ3) is 8.82. The van der Waals surface area contributed by atoms with Gasteiger partial charge >= 0.3 is 0 Å². The zero-order chi connectivity index (χ0) is 29.5. The summed E-state index contributed by atoms with van der Waals surface area (Å²) in [5, 5.41) is 3.01. The molecule has 10 heteroatoms. The van der Waals surface area contributed by atoms with Gasteiger partial charge in [0, 0.05) is 23.0 Å². The fraction of sp³-hybridized carbons (Fsp3) is 0.333. The van der Waals surface area contributed by atoms with Crippen LogP contribution in [0.4, 0.5) is 5.69 Å². The molecule has 3 rings (SSSR count). The van der Waals surface area contributed by atoms with Crippen LogP contribution >= 0.6 is 15.9 Å². The van der Waals surface area contributed by atoms with Crippen LogP contribution in [0.5, 0.6) is 5.75 Å². The van der Waals surface area contributed by atoms with E-state index in [2.05, 4.69) is 21.2 Å². The maximum Gasteiger partial charge on any atom is 0.244 e. The minimum absolute atomic E-state index is 0.102. The SMILES string of the molecule is COc1ccccc1N(CC(=O)N(Cc1ccc(Br)cc1)C(Cc1ccccc1)C(=O)NC(C)(C)C)S(C)(=O)=O. The lowest BCUT2D eigenvalue weighted by Crippen LogP contribution is -2.56. The first-order chi connectivity index (χ1) is 18.8. The molecule has 0 heterocycles. The molecule has 8 nitrogen and oxygen atoms in total. The highest BCUT2D eigenvalue weighted by atomic mass is 79.9. The van der Waals surface area contributed by atoms with Crippen molar-refractivity contribution in [2.45, 2.75) is 45.3 Å². The normalized spacial score (nSPS) is 12.3. The van der Waals surface area contributed by atoms with E-state index < -0.39 is 34.1 Å². The molecule has 40 heavy (non-hydrogen) atoms. The van der Waals surface area contributed by atoms with Crippen LogP contribution in [-0.2, 0) is 32.6 Å². The smallest absolute Gasteiger partial charge is 0.244 e. The van der Waals surface area contributed by atoms with Crippen LogP contribution in [0.15, 0.2) is 83.3 Å². The molecule has 0 bridgehead atoms. The van der Waals surface area contributed by atoms with Crippen molar-refractivity contribution in [1.82, 2.24) is 10.2 Å². The zero-order valence-corrected chi connectivity index (χ0v) is 25.8. The highest BCUT2D eigenvalue weighted by molar-refractivity contribution is 9.10. The number of hydrogen-bond acceptors (Lipinski definition) is 5. The summed E-state index contributed by atoms with van der Waals surface area (Å²) in [5.74, 6) is -0.541. The Morgan fingerprint density at radius 3 is 2.10 bits per heavy atom. The Labute approximate surface area is 245 Å². The van der Waals surface area contributed by atoms with Crippen molar-refractivity contribution in [2.75, 3.05) is 24.2 Å². The van der Waals surface area contributed by atoms with Crippen molar-refractivity contribution >= 4 is 43.5 Å². The predicted molar refractivity (Wildman–Crippen MR) is 162 cm³/mol. The van der Waals surface area contributed by atoms with Crippen LogP contribution in [0.25, 0.3) is 0 Å². The minimum atomic E-state index is -3.89. The van der Waals surface area contributed by atoms with Gasteiger partial charge in [0.25, 0.3) is 0 Å². The van der Waals surface area contributed by atoms with Crippen LogP contribution in [0, 0.1) is 0 Å². The van der Waals surface area contributed by atoms with Crippen molar-refractivity contribution in [3.63, 3.8) is 0 Å². The lowest BCUT2D eigenvalue weighted by atomic mass is 10.0. The largest absolute Gasteiger partial charge is 0.495 e. The molecule has 0 aliphatic rings. The van der Waals surface area contributed by atoms with E-state index in [4.69, 9.17) is 4.74 Å². The lowest BCUT2D eigenvalue weighted by molar-refractivity contribution is -0.140. The van der Waals surface area contributed by atoms with Gasteiger partial charge in [-0.1, -0.05) is 70.5 Å². The van der Waals surface area contributed by atoms with Gasteiger partial charge in [0.05, 0.1) is 19.1 Å². The number of halogens is 1. The van der Waals surface area contributed by atoms with E-state index in [-0.39, 0.29) is 24.6 Å². The second-order valence-electron chi connectivity index (χ2n) is 10.5. The maximum atomic E-state index is 14.1. The number of rotatable bonds is 11. The Morgan fingerprint density at radius 1 is 0.925 bits per heavy atom. The van der Waals surface area contributed by atoms with Gasteiger partial charge in [-0.25, -0.2) is 8.42 Å². The molecule has 0 spiro atoms. The molecule has 1 atom stereocenters. The second kappa shape index (κ2) is 13.3. The van der Waals surface area contributed by atoms with E-state index >= 15 is 0 Å². The molecule has 0 saturated carbocycles. The summed E-state index contributed by atoms with van der Waals surface area (Å²) in [6.45, 7) is 5.21. The molecule has 1 N–H and O–H groups in total. The van der Waals surface area contributed by atoms with Gasteiger partial charge in [-0.05, 0) is 56.2 Å². The van der Waals surface area contributed by atoms with Crippen LogP contribution in [0.1, 0.15) is 31.9 Å². The van der Waals surface area contributed by atoms with Crippen LogP contribution in [-0.4, -0.2) is 56.6 Å². The summed E-state index contributed by atoms with van der Waals surface area (Å²) in [6, 6.07) is 22.6. The van der Waals surface area contributed by atoms with E-state index in [0.717, 1.165) is 26.2 Å². The zero-order valence-electron chi connectivity index (χ0n) is 23.4. The number of nitrogens with zero attached hydrogens (tertiary/aromatic N) is 2. The van der Waals surface area contributed by atoms with Gasteiger partial charge < -0.3 is 15.0 Å². The average molecular weight is 631 g/mol. The highest BCUT2D eigenvalue weighted by Crippen LogP contribution is 2.30. The molecular weight excluding hydrogens is 594 g/mol. The van der Waals surface area contributed by atoms with Gasteiger partial charge in [-0.2, -0.15) is 0 Å². The first kappa shape index (κ1) is 31.2. The summed E-state index contributed by atoms with van der Waals surface area (Å²) in [5.41, 5.74) is 1.36. The number of ether oxygens (including phenoxy) is 1. The highest BCUT2D eigenvalue weighted by Gasteiger charge is 2.34. The summed E-state index contributed by atoms with van der Waals surface area (Å²) >= 11 is 3.43. The summed E-state index contributed by atoms with van der Waals surface area (Å²) in [7, 11) is -2.45. The number of amides is 2. The molecular formula is C30H36BrN3O5S. The quantitative estimate of drug-likeness (QED) is 0.329. The van der Waals surface area contributed by atoms with Gasteiger partial charge in [-0.3, -0.25) is 13.9 Å². The number of methoxy groups -OCH3 is 1. The molecule has 0 aliphatic carbocycles. The lowest BCUT2D eigenvalue weighted by Gasteiger charge is -2.35. The van der Waals surface area contributed by atoms with Crippen molar-refractivity contribution in [2.24, 2.45) is 0 Å². The van der Waals surface area contributed by atoms with E-state index in [1.54, 1.807) is 24.3 Å². The molecule has 3 aromatic rings. The van der Waals surface area contributed by atoms with Crippen molar-refractivity contribution < 1.29 is 22.7 Å². The van der Waals surface area contributed by atoms with Gasteiger partial charge in [0.15, 0.2) is 0 Å². The fourth-order valence-electron chi connectivity index (χ4n) is 4.22. The Kier molecular flexibility index (Phi) is 10.4.